The van der Waals surface area contributed by atoms with Gasteiger partial charge < -0.3 is 15.3 Å². The van der Waals surface area contributed by atoms with E-state index in [1.807, 2.05) is 32.0 Å². The molecule has 0 fully saturated rings. The first kappa shape index (κ1) is 14.8. The quantitative estimate of drug-likeness (QED) is 0.863. The van der Waals surface area contributed by atoms with E-state index in [1.165, 1.54) is 11.1 Å². The Balaban J connectivity index is 1.87. The highest BCUT2D eigenvalue weighted by Crippen LogP contribution is 2.25. The third-order valence-corrected chi connectivity index (χ3v) is 3.76. The largest absolute Gasteiger partial charge is 0.388 e. The topological polar surface area (TPSA) is 35.5 Å². The van der Waals surface area contributed by atoms with E-state index in [4.69, 9.17) is 11.6 Å². The summed E-state index contributed by atoms with van der Waals surface area (Å²) in [6.07, 6.45) is 2.01. The number of benzene rings is 1. The molecule has 0 saturated carbocycles. The SMILES string of the molecule is CN(C)CC(C)(O)CNC1Cc2ccc(Cl)cc2C1. The fourth-order valence-corrected chi connectivity index (χ4v) is 3.03. The van der Waals surface area contributed by atoms with Gasteiger partial charge in [-0.05, 0) is 57.1 Å². The minimum atomic E-state index is -0.698. The van der Waals surface area contributed by atoms with Gasteiger partial charge in [0.15, 0.2) is 0 Å². The predicted octanol–water partition coefficient (Wildman–Crippen LogP) is 1.71. The lowest BCUT2D eigenvalue weighted by Gasteiger charge is -2.28. The van der Waals surface area contributed by atoms with Gasteiger partial charge in [-0.1, -0.05) is 17.7 Å². The second-order valence-corrected chi connectivity index (χ2v) is 6.57. The van der Waals surface area contributed by atoms with Gasteiger partial charge in [-0.3, -0.25) is 0 Å². The Labute approximate surface area is 120 Å². The maximum atomic E-state index is 10.3. The number of nitrogens with one attached hydrogen (secondary N) is 1. The molecule has 0 heterocycles. The maximum Gasteiger partial charge on any atom is 0.0869 e. The summed E-state index contributed by atoms with van der Waals surface area (Å²) in [6, 6.07) is 6.51. The molecular weight excluding hydrogens is 260 g/mol. The van der Waals surface area contributed by atoms with E-state index in [0.717, 1.165) is 17.9 Å². The third kappa shape index (κ3) is 4.18. The Morgan fingerprint density at radius 1 is 1.37 bits per heavy atom. The van der Waals surface area contributed by atoms with E-state index < -0.39 is 5.60 Å². The Kier molecular flexibility index (Phi) is 4.51. The minimum absolute atomic E-state index is 0.405. The van der Waals surface area contributed by atoms with Gasteiger partial charge in [0.25, 0.3) is 0 Å². The van der Waals surface area contributed by atoms with E-state index in [1.54, 1.807) is 0 Å². The monoisotopic (exact) mass is 282 g/mol. The highest BCUT2D eigenvalue weighted by Gasteiger charge is 2.26. The molecular formula is C15H23ClN2O. The zero-order chi connectivity index (χ0) is 14.0. The molecule has 106 valence electrons. The van der Waals surface area contributed by atoms with Crippen LogP contribution in [0.1, 0.15) is 18.1 Å². The van der Waals surface area contributed by atoms with Gasteiger partial charge >= 0.3 is 0 Å². The summed E-state index contributed by atoms with van der Waals surface area (Å²) < 4.78 is 0. The molecule has 0 aromatic heterocycles. The zero-order valence-electron chi connectivity index (χ0n) is 11.9. The second kappa shape index (κ2) is 5.80. The molecule has 1 aromatic rings. The molecule has 3 nitrogen and oxygen atoms in total. The summed E-state index contributed by atoms with van der Waals surface area (Å²) in [5.41, 5.74) is 2.00. The molecule has 0 amide bonds. The van der Waals surface area contributed by atoms with Crippen LogP contribution in [0.2, 0.25) is 5.02 Å². The highest BCUT2D eigenvalue weighted by molar-refractivity contribution is 6.30. The van der Waals surface area contributed by atoms with E-state index in [9.17, 15) is 5.11 Å². The number of hydrogen-bond donors (Lipinski definition) is 2. The van der Waals surface area contributed by atoms with Gasteiger partial charge in [-0.25, -0.2) is 0 Å². The van der Waals surface area contributed by atoms with Crippen LogP contribution in [0, 0.1) is 0 Å². The van der Waals surface area contributed by atoms with Crippen LogP contribution >= 0.6 is 11.6 Å². The number of fused-ring (bicyclic) bond motifs is 1. The molecule has 0 bridgehead atoms. The van der Waals surface area contributed by atoms with Crippen molar-refractivity contribution in [3.63, 3.8) is 0 Å². The minimum Gasteiger partial charge on any atom is -0.388 e. The number of hydrogen-bond acceptors (Lipinski definition) is 3. The van der Waals surface area contributed by atoms with Crippen LogP contribution in [0.3, 0.4) is 0 Å². The second-order valence-electron chi connectivity index (χ2n) is 6.13. The Hall–Kier alpha value is -0.610. The summed E-state index contributed by atoms with van der Waals surface area (Å²) in [5, 5.41) is 14.6. The van der Waals surface area contributed by atoms with Crippen LogP contribution < -0.4 is 5.32 Å². The van der Waals surface area contributed by atoms with Gasteiger partial charge in [-0.2, -0.15) is 0 Å². The molecule has 1 aliphatic rings. The standard InChI is InChI=1S/C15H23ClN2O/c1-15(19,10-18(2)3)9-17-14-7-11-4-5-13(16)6-12(11)8-14/h4-6,14,17,19H,7-10H2,1-3H3. The van der Waals surface area contributed by atoms with Crippen molar-refractivity contribution in [1.29, 1.82) is 0 Å². The van der Waals surface area contributed by atoms with Crippen molar-refractivity contribution < 1.29 is 5.11 Å². The summed E-state index contributed by atoms with van der Waals surface area (Å²) in [4.78, 5) is 2.00. The molecule has 0 radical (unpaired) electrons. The number of nitrogens with zero attached hydrogens (tertiary/aromatic N) is 1. The van der Waals surface area contributed by atoms with E-state index >= 15 is 0 Å². The molecule has 0 saturated heterocycles. The lowest BCUT2D eigenvalue weighted by atomic mass is 10.1. The molecule has 2 atom stereocenters. The molecule has 19 heavy (non-hydrogen) atoms. The Morgan fingerprint density at radius 2 is 2.05 bits per heavy atom. The summed E-state index contributed by atoms with van der Waals surface area (Å²) in [6.45, 7) is 3.14. The van der Waals surface area contributed by atoms with Crippen molar-refractivity contribution in [2.75, 3.05) is 27.2 Å². The summed E-state index contributed by atoms with van der Waals surface area (Å²) in [7, 11) is 3.95. The highest BCUT2D eigenvalue weighted by atomic mass is 35.5. The first-order chi connectivity index (χ1) is 8.85. The van der Waals surface area contributed by atoms with Crippen molar-refractivity contribution in [2.24, 2.45) is 0 Å². The Bertz CT molecular complexity index is 446. The maximum absolute atomic E-state index is 10.3. The Morgan fingerprint density at radius 3 is 2.74 bits per heavy atom. The molecule has 1 aliphatic carbocycles. The third-order valence-electron chi connectivity index (χ3n) is 3.53. The van der Waals surface area contributed by atoms with Crippen molar-refractivity contribution in [3.8, 4) is 0 Å². The van der Waals surface area contributed by atoms with Crippen molar-refractivity contribution >= 4 is 11.6 Å². The average Bonchev–Trinajstić information content (AvgIpc) is 2.66. The van der Waals surface area contributed by atoms with Crippen LogP contribution in [0.4, 0.5) is 0 Å². The van der Waals surface area contributed by atoms with Gasteiger partial charge in [0.1, 0.15) is 0 Å². The van der Waals surface area contributed by atoms with E-state index in [-0.39, 0.29) is 0 Å². The first-order valence-corrected chi connectivity index (χ1v) is 7.11. The van der Waals surface area contributed by atoms with Crippen LogP contribution in [0.5, 0.6) is 0 Å². The molecule has 1 aromatic carbocycles. The van der Waals surface area contributed by atoms with Crippen molar-refractivity contribution in [1.82, 2.24) is 10.2 Å². The van der Waals surface area contributed by atoms with Gasteiger partial charge in [0.05, 0.1) is 5.60 Å². The van der Waals surface area contributed by atoms with Gasteiger partial charge in [0.2, 0.25) is 0 Å². The van der Waals surface area contributed by atoms with Crippen LogP contribution in [0.25, 0.3) is 0 Å². The normalized spacial score (nSPS) is 21.5. The van der Waals surface area contributed by atoms with Crippen LogP contribution in [-0.2, 0) is 12.8 Å². The fourth-order valence-electron chi connectivity index (χ4n) is 2.83. The molecule has 2 rings (SSSR count). The molecule has 2 unspecified atom stereocenters. The van der Waals surface area contributed by atoms with E-state index in [2.05, 4.69) is 17.4 Å². The fraction of sp³-hybridized carbons (Fsp3) is 0.600. The molecule has 0 aliphatic heterocycles. The lowest BCUT2D eigenvalue weighted by Crippen LogP contribution is -2.48. The van der Waals surface area contributed by atoms with Gasteiger partial charge in [0, 0.05) is 24.2 Å². The van der Waals surface area contributed by atoms with Gasteiger partial charge in [-0.15, -0.1) is 0 Å². The molecule has 4 heteroatoms. The smallest absolute Gasteiger partial charge is 0.0869 e. The van der Waals surface area contributed by atoms with Crippen molar-refractivity contribution in [3.05, 3.63) is 34.3 Å². The predicted molar refractivity (Wildman–Crippen MR) is 79.8 cm³/mol. The van der Waals surface area contributed by atoms with Crippen LogP contribution in [0.15, 0.2) is 18.2 Å². The van der Waals surface area contributed by atoms with Crippen molar-refractivity contribution in [2.45, 2.75) is 31.4 Å². The van der Waals surface area contributed by atoms with Crippen LogP contribution in [-0.4, -0.2) is 48.8 Å². The average molecular weight is 283 g/mol. The number of likely N-dealkylation sites (N-methyl/N-ethyl adjacent to an activating group) is 1. The number of aliphatic hydroxyl groups is 1. The number of halogens is 1. The number of rotatable bonds is 5. The molecule has 0 spiro atoms. The molecule has 2 N–H and O–H groups in total. The zero-order valence-corrected chi connectivity index (χ0v) is 12.7. The summed E-state index contributed by atoms with van der Waals surface area (Å²) >= 11 is 6.01. The van der Waals surface area contributed by atoms with E-state index in [0.29, 0.717) is 19.1 Å². The lowest BCUT2D eigenvalue weighted by molar-refractivity contribution is 0.0316. The first-order valence-electron chi connectivity index (χ1n) is 6.73. The summed E-state index contributed by atoms with van der Waals surface area (Å²) in [5.74, 6) is 0.